The van der Waals surface area contributed by atoms with Gasteiger partial charge in [-0.15, -0.1) is 0 Å². The van der Waals surface area contributed by atoms with Gasteiger partial charge in [0.15, 0.2) is 0 Å². The van der Waals surface area contributed by atoms with Crippen molar-refractivity contribution >= 4 is 16.1 Å². The van der Waals surface area contributed by atoms with E-state index >= 15 is 0 Å². The van der Waals surface area contributed by atoms with Crippen molar-refractivity contribution in [1.29, 1.82) is 0 Å². The number of hydrogen-bond acceptors (Lipinski definition) is 5. The Bertz CT molecular complexity index is 700. The third kappa shape index (κ3) is 5.41. The summed E-state index contributed by atoms with van der Waals surface area (Å²) in [6.07, 6.45) is 1.14. The molecule has 0 bridgehead atoms. The van der Waals surface area contributed by atoms with E-state index in [4.69, 9.17) is 9.47 Å². The highest BCUT2D eigenvalue weighted by atomic mass is 32.2. The molecule has 1 N–H and O–H groups in total. The fourth-order valence-electron chi connectivity index (χ4n) is 2.68. The van der Waals surface area contributed by atoms with Crippen LogP contribution in [0.4, 0.5) is 0 Å². The lowest BCUT2D eigenvalue weighted by atomic mass is 10.1. The summed E-state index contributed by atoms with van der Waals surface area (Å²) in [6.45, 7) is 1.74. The molecule has 1 aliphatic heterocycles. The number of nitrogens with one attached hydrogen (secondary N) is 1. The Kier molecular flexibility index (Phi) is 7.39. The molecule has 1 aromatic rings. The van der Waals surface area contributed by atoms with Gasteiger partial charge in [0, 0.05) is 46.4 Å². The molecule has 26 heavy (non-hydrogen) atoms. The van der Waals surface area contributed by atoms with Crippen molar-refractivity contribution in [2.24, 2.45) is 0 Å². The first-order valence-electron chi connectivity index (χ1n) is 8.56. The number of rotatable bonds is 8. The maximum absolute atomic E-state index is 12.1. The average molecular weight is 385 g/mol. The van der Waals surface area contributed by atoms with Gasteiger partial charge in [-0.2, -0.15) is 17.0 Å². The first-order chi connectivity index (χ1) is 12.3. The van der Waals surface area contributed by atoms with Crippen molar-refractivity contribution in [3.05, 3.63) is 29.8 Å². The Labute approximate surface area is 155 Å². The van der Waals surface area contributed by atoms with Gasteiger partial charge in [-0.1, -0.05) is 6.07 Å². The van der Waals surface area contributed by atoms with Gasteiger partial charge in [-0.3, -0.25) is 4.79 Å². The number of benzene rings is 1. The molecule has 0 spiro atoms. The standard InChI is InChI=1S/C17H27N3O5S/c1-19(2)26(22,23)20-10-7-15(8-11-20)25-16-6-4-5-14(13-16)17(21)18-9-12-24-3/h4-6,13,15H,7-12H2,1-3H3,(H,18,21). The molecule has 1 aromatic carbocycles. The molecule has 0 unspecified atom stereocenters. The van der Waals surface area contributed by atoms with Crippen LogP contribution in [0.15, 0.2) is 24.3 Å². The lowest BCUT2D eigenvalue weighted by Gasteiger charge is -2.32. The van der Waals surface area contributed by atoms with Crippen molar-refractivity contribution in [1.82, 2.24) is 13.9 Å². The largest absolute Gasteiger partial charge is 0.490 e. The molecule has 1 heterocycles. The van der Waals surface area contributed by atoms with E-state index in [9.17, 15) is 13.2 Å². The zero-order valence-corrected chi connectivity index (χ0v) is 16.3. The molecule has 0 radical (unpaired) electrons. The Hall–Kier alpha value is -1.68. The monoisotopic (exact) mass is 385 g/mol. The molecule has 0 aromatic heterocycles. The second kappa shape index (κ2) is 9.31. The maximum atomic E-state index is 12.1. The fourth-order valence-corrected chi connectivity index (χ4v) is 3.82. The molecule has 146 valence electrons. The fraction of sp³-hybridized carbons (Fsp3) is 0.588. The molecule has 0 atom stereocenters. The van der Waals surface area contributed by atoms with Gasteiger partial charge in [0.05, 0.1) is 6.61 Å². The Morgan fingerprint density at radius 2 is 2.00 bits per heavy atom. The maximum Gasteiger partial charge on any atom is 0.281 e. The molecule has 1 fully saturated rings. The quantitative estimate of drug-likeness (QED) is 0.666. The van der Waals surface area contributed by atoms with Gasteiger partial charge in [0.25, 0.3) is 16.1 Å². The Morgan fingerprint density at radius 1 is 1.31 bits per heavy atom. The highest BCUT2D eigenvalue weighted by Gasteiger charge is 2.30. The number of amides is 1. The summed E-state index contributed by atoms with van der Waals surface area (Å²) in [6, 6.07) is 6.99. The van der Waals surface area contributed by atoms with E-state index in [1.807, 2.05) is 0 Å². The van der Waals surface area contributed by atoms with E-state index in [0.29, 0.717) is 50.4 Å². The summed E-state index contributed by atoms with van der Waals surface area (Å²) in [5.74, 6) is 0.428. The van der Waals surface area contributed by atoms with E-state index < -0.39 is 10.2 Å². The number of carbonyl (C=O) groups is 1. The molecule has 0 saturated carbocycles. The predicted octanol–water partition coefficient (Wildman–Crippen LogP) is 0.712. The first-order valence-corrected chi connectivity index (χ1v) is 9.95. The summed E-state index contributed by atoms with van der Waals surface area (Å²) in [4.78, 5) is 12.1. The lowest BCUT2D eigenvalue weighted by Crippen LogP contribution is -2.46. The summed E-state index contributed by atoms with van der Waals surface area (Å²) in [5, 5.41) is 2.77. The van der Waals surface area contributed by atoms with Gasteiger partial charge < -0.3 is 14.8 Å². The molecule has 1 aliphatic rings. The van der Waals surface area contributed by atoms with Gasteiger partial charge >= 0.3 is 0 Å². The van der Waals surface area contributed by atoms with Gasteiger partial charge in [0.1, 0.15) is 11.9 Å². The van der Waals surface area contributed by atoms with Crippen LogP contribution in [-0.2, 0) is 14.9 Å². The average Bonchev–Trinajstić information content (AvgIpc) is 2.62. The van der Waals surface area contributed by atoms with Crippen LogP contribution in [-0.4, -0.2) is 76.5 Å². The summed E-state index contributed by atoms with van der Waals surface area (Å²) in [5.41, 5.74) is 0.520. The highest BCUT2D eigenvalue weighted by Crippen LogP contribution is 2.22. The first kappa shape index (κ1) is 20.6. The van der Waals surface area contributed by atoms with E-state index in [0.717, 1.165) is 0 Å². The van der Waals surface area contributed by atoms with Crippen LogP contribution in [0, 0.1) is 0 Å². The zero-order chi connectivity index (χ0) is 19.2. The molecular weight excluding hydrogens is 358 g/mol. The topological polar surface area (TPSA) is 88.2 Å². The Balaban J connectivity index is 1.90. The van der Waals surface area contributed by atoms with Crippen molar-refractivity contribution in [2.45, 2.75) is 18.9 Å². The molecule has 1 saturated heterocycles. The van der Waals surface area contributed by atoms with Crippen molar-refractivity contribution in [3.63, 3.8) is 0 Å². The minimum absolute atomic E-state index is 0.0737. The van der Waals surface area contributed by atoms with Crippen molar-refractivity contribution < 1.29 is 22.7 Å². The minimum Gasteiger partial charge on any atom is -0.490 e. The van der Waals surface area contributed by atoms with E-state index in [2.05, 4.69) is 5.32 Å². The van der Waals surface area contributed by atoms with Crippen LogP contribution >= 0.6 is 0 Å². The number of methoxy groups -OCH3 is 1. The molecule has 1 amide bonds. The molecule has 2 rings (SSSR count). The summed E-state index contributed by atoms with van der Waals surface area (Å²) in [7, 11) is 1.26. The van der Waals surface area contributed by atoms with Crippen LogP contribution in [0.25, 0.3) is 0 Å². The molecule has 8 nitrogen and oxygen atoms in total. The van der Waals surface area contributed by atoms with Crippen LogP contribution in [0.1, 0.15) is 23.2 Å². The molecular formula is C17H27N3O5S. The third-order valence-corrected chi connectivity index (χ3v) is 6.12. The SMILES string of the molecule is COCCNC(=O)c1cccc(OC2CCN(S(=O)(=O)N(C)C)CC2)c1. The zero-order valence-electron chi connectivity index (χ0n) is 15.5. The second-order valence-corrected chi connectivity index (χ2v) is 8.43. The number of carbonyl (C=O) groups excluding carboxylic acids is 1. The van der Waals surface area contributed by atoms with Gasteiger partial charge in [0.2, 0.25) is 0 Å². The smallest absolute Gasteiger partial charge is 0.281 e. The van der Waals surface area contributed by atoms with Gasteiger partial charge in [-0.25, -0.2) is 0 Å². The molecule has 0 aliphatic carbocycles. The Morgan fingerprint density at radius 3 is 2.62 bits per heavy atom. The lowest BCUT2D eigenvalue weighted by molar-refractivity contribution is 0.0935. The highest BCUT2D eigenvalue weighted by molar-refractivity contribution is 7.86. The number of ether oxygens (including phenoxy) is 2. The number of nitrogens with zero attached hydrogens (tertiary/aromatic N) is 2. The van der Waals surface area contributed by atoms with Crippen LogP contribution < -0.4 is 10.1 Å². The summed E-state index contributed by atoms with van der Waals surface area (Å²) < 4.78 is 37.8. The predicted molar refractivity (Wildman–Crippen MR) is 98.5 cm³/mol. The number of piperidine rings is 1. The van der Waals surface area contributed by atoms with Crippen molar-refractivity contribution in [3.8, 4) is 5.75 Å². The van der Waals surface area contributed by atoms with Crippen LogP contribution in [0.5, 0.6) is 5.75 Å². The van der Waals surface area contributed by atoms with E-state index in [-0.39, 0.29) is 12.0 Å². The van der Waals surface area contributed by atoms with Crippen LogP contribution in [0.2, 0.25) is 0 Å². The van der Waals surface area contributed by atoms with Crippen molar-refractivity contribution in [2.75, 3.05) is 47.4 Å². The number of hydrogen-bond donors (Lipinski definition) is 1. The van der Waals surface area contributed by atoms with E-state index in [1.165, 1.54) is 22.7 Å². The third-order valence-electron chi connectivity index (χ3n) is 4.18. The second-order valence-electron chi connectivity index (χ2n) is 6.28. The molecule has 9 heteroatoms. The van der Waals surface area contributed by atoms with Crippen LogP contribution in [0.3, 0.4) is 0 Å². The minimum atomic E-state index is -3.38. The summed E-state index contributed by atoms with van der Waals surface area (Å²) >= 11 is 0. The van der Waals surface area contributed by atoms with Gasteiger partial charge in [-0.05, 0) is 31.0 Å². The van der Waals surface area contributed by atoms with E-state index in [1.54, 1.807) is 31.4 Å². The normalized spacial score (nSPS) is 16.6.